The first kappa shape index (κ1) is 20.2. The van der Waals surface area contributed by atoms with Crippen molar-refractivity contribution in [1.29, 1.82) is 0 Å². The number of Topliss-reactive ketones (excluding diaryl/α,β-unsaturated/α-hetero) is 1. The van der Waals surface area contributed by atoms with E-state index in [2.05, 4.69) is 20.7 Å². The monoisotopic (exact) mass is 365 g/mol. The van der Waals surface area contributed by atoms with E-state index in [-0.39, 0.29) is 36.8 Å². The summed E-state index contributed by atoms with van der Waals surface area (Å²) >= 11 is 5.03. The molecule has 1 aromatic rings. The molecule has 25 heavy (non-hydrogen) atoms. The van der Waals surface area contributed by atoms with E-state index in [1.807, 2.05) is 0 Å². The van der Waals surface area contributed by atoms with Crippen molar-refractivity contribution >= 4 is 40.8 Å². The average Bonchev–Trinajstić information content (AvgIpc) is 2.63. The van der Waals surface area contributed by atoms with Gasteiger partial charge in [0.15, 0.2) is 5.78 Å². The normalized spacial score (nSPS) is 9.64. The molecule has 0 saturated heterocycles. The fraction of sp³-hybridized carbons (Fsp3) is 0.312. The zero-order valence-electron chi connectivity index (χ0n) is 13.7. The molecule has 0 spiro atoms. The zero-order chi connectivity index (χ0) is 18.7. The van der Waals surface area contributed by atoms with Crippen LogP contribution in [-0.2, 0) is 19.1 Å². The number of ketones is 1. The molecule has 134 valence electrons. The number of nitrogens with one attached hydrogen (secondary N) is 3. The molecule has 2 amide bonds. The van der Waals surface area contributed by atoms with Crippen molar-refractivity contribution in [2.75, 3.05) is 26.7 Å². The average molecular weight is 365 g/mol. The first-order chi connectivity index (χ1) is 11.9. The Labute approximate surface area is 150 Å². The Kier molecular flexibility index (Phi) is 8.80. The third-order valence-corrected chi connectivity index (χ3v) is 3.26. The van der Waals surface area contributed by atoms with Crippen molar-refractivity contribution in [3.05, 3.63) is 35.9 Å². The molecule has 8 nitrogen and oxygen atoms in total. The highest BCUT2D eigenvalue weighted by molar-refractivity contribution is 7.80. The van der Waals surface area contributed by atoms with Gasteiger partial charge in [-0.15, -0.1) is 0 Å². The van der Waals surface area contributed by atoms with Crippen molar-refractivity contribution < 1.29 is 23.9 Å². The van der Waals surface area contributed by atoms with Gasteiger partial charge in [0, 0.05) is 5.56 Å². The molecule has 0 unspecified atom stereocenters. The fourth-order valence-electron chi connectivity index (χ4n) is 1.66. The van der Waals surface area contributed by atoms with Crippen LogP contribution in [0.3, 0.4) is 0 Å². The Morgan fingerprint density at radius 1 is 0.920 bits per heavy atom. The van der Waals surface area contributed by atoms with Crippen molar-refractivity contribution in [1.82, 2.24) is 16.0 Å². The number of rotatable bonds is 9. The van der Waals surface area contributed by atoms with Crippen LogP contribution in [0.1, 0.15) is 16.8 Å². The third kappa shape index (κ3) is 8.56. The molecule has 3 N–H and O–H groups in total. The number of methoxy groups -OCH3 is 1. The van der Waals surface area contributed by atoms with Crippen LogP contribution >= 0.6 is 12.2 Å². The van der Waals surface area contributed by atoms with E-state index in [1.165, 1.54) is 7.11 Å². The standard InChI is InChI=1S/C16H19N3O5S/c1-24-16(23)10-18-13(21)8-17-14(22)9-19-15(25)7-12(20)11-5-3-2-4-6-11/h2-6H,7-10H2,1H3,(H,17,22)(H,18,21)(H,19,25). The molecule has 0 radical (unpaired) electrons. The van der Waals surface area contributed by atoms with Crippen LogP contribution in [0, 0.1) is 0 Å². The number of hydrogen-bond donors (Lipinski definition) is 3. The smallest absolute Gasteiger partial charge is 0.325 e. The molecule has 1 rings (SSSR count). The maximum Gasteiger partial charge on any atom is 0.325 e. The van der Waals surface area contributed by atoms with Gasteiger partial charge in [-0.2, -0.15) is 0 Å². The zero-order valence-corrected chi connectivity index (χ0v) is 14.5. The molecule has 0 aliphatic heterocycles. The van der Waals surface area contributed by atoms with Gasteiger partial charge in [-0.1, -0.05) is 42.5 Å². The van der Waals surface area contributed by atoms with Gasteiger partial charge in [0.25, 0.3) is 0 Å². The summed E-state index contributed by atoms with van der Waals surface area (Å²) in [7, 11) is 1.20. The summed E-state index contributed by atoms with van der Waals surface area (Å²) in [5.41, 5.74) is 0.540. The van der Waals surface area contributed by atoms with Crippen molar-refractivity contribution in [2.24, 2.45) is 0 Å². The van der Waals surface area contributed by atoms with E-state index < -0.39 is 17.8 Å². The van der Waals surface area contributed by atoms with Crippen LogP contribution in [0.25, 0.3) is 0 Å². The first-order valence-electron chi connectivity index (χ1n) is 7.37. The maximum atomic E-state index is 11.9. The van der Waals surface area contributed by atoms with Gasteiger partial charge in [0.05, 0.1) is 31.6 Å². The molecule has 0 bridgehead atoms. The van der Waals surface area contributed by atoms with Crippen molar-refractivity contribution in [3.63, 3.8) is 0 Å². The van der Waals surface area contributed by atoms with Crippen LogP contribution in [0.2, 0.25) is 0 Å². The molecule has 0 saturated carbocycles. The lowest BCUT2D eigenvalue weighted by Gasteiger charge is -2.09. The van der Waals surface area contributed by atoms with E-state index in [0.29, 0.717) is 5.56 Å². The summed E-state index contributed by atoms with van der Waals surface area (Å²) in [6.07, 6.45) is -0.00770. The van der Waals surface area contributed by atoms with E-state index in [1.54, 1.807) is 30.3 Å². The van der Waals surface area contributed by atoms with Gasteiger partial charge < -0.3 is 20.7 Å². The summed E-state index contributed by atoms with van der Waals surface area (Å²) in [5.74, 6) is -1.74. The fourth-order valence-corrected chi connectivity index (χ4v) is 1.86. The van der Waals surface area contributed by atoms with Crippen LogP contribution in [-0.4, -0.2) is 55.3 Å². The second-order valence-electron chi connectivity index (χ2n) is 4.87. The van der Waals surface area contributed by atoms with Gasteiger partial charge in [0.2, 0.25) is 11.8 Å². The van der Waals surface area contributed by atoms with Crippen molar-refractivity contribution in [2.45, 2.75) is 6.42 Å². The highest BCUT2D eigenvalue weighted by atomic mass is 32.1. The number of amides is 2. The number of thiocarbonyl (C=S) groups is 1. The summed E-state index contributed by atoms with van der Waals surface area (Å²) in [6.45, 7) is -0.715. The van der Waals surface area contributed by atoms with Crippen molar-refractivity contribution in [3.8, 4) is 0 Å². The summed E-state index contributed by atoms with van der Waals surface area (Å²) in [4.78, 5) is 46.0. The number of carbonyl (C=O) groups excluding carboxylic acids is 4. The lowest BCUT2D eigenvalue weighted by atomic mass is 10.1. The Morgan fingerprint density at radius 3 is 2.08 bits per heavy atom. The van der Waals surface area contributed by atoms with Gasteiger partial charge in [-0.25, -0.2) is 0 Å². The lowest BCUT2D eigenvalue weighted by molar-refractivity contribution is -0.141. The van der Waals surface area contributed by atoms with Gasteiger partial charge in [-0.3, -0.25) is 19.2 Å². The predicted molar refractivity (Wildman–Crippen MR) is 94.0 cm³/mol. The second-order valence-corrected chi connectivity index (χ2v) is 5.37. The molecule has 0 aliphatic carbocycles. The molecule has 1 aromatic carbocycles. The van der Waals surface area contributed by atoms with Gasteiger partial charge >= 0.3 is 5.97 Å². The minimum Gasteiger partial charge on any atom is -0.468 e. The van der Waals surface area contributed by atoms with E-state index in [9.17, 15) is 19.2 Å². The summed E-state index contributed by atoms with van der Waals surface area (Å²) in [5, 5.41) is 7.29. The largest absolute Gasteiger partial charge is 0.468 e. The van der Waals surface area contributed by atoms with Gasteiger partial charge in [0.1, 0.15) is 6.54 Å². The molecular weight excluding hydrogens is 346 g/mol. The van der Waals surface area contributed by atoms with E-state index in [0.717, 1.165) is 0 Å². The lowest BCUT2D eigenvalue weighted by Crippen LogP contribution is -2.43. The number of carbonyl (C=O) groups is 4. The molecule has 9 heteroatoms. The molecule has 0 atom stereocenters. The summed E-state index contributed by atoms with van der Waals surface area (Å²) in [6, 6.07) is 8.68. The Bertz CT molecular complexity index is 648. The SMILES string of the molecule is COC(=O)CNC(=O)CNC(=O)CNC(=S)CC(=O)c1ccccc1. The first-order valence-corrected chi connectivity index (χ1v) is 7.78. The van der Waals surface area contributed by atoms with Crippen LogP contribution in [0.5, 0.6) is 0 Å². The molecule has 0 fully saturated rings. The minimum atomic E-state index is -0.588. The third-order valence-electron chi connectivity index (χ3n) is 2.97. The summed E-state index contributed by atoms with van der Waals surface area (Å²) < 4.78 is 4.36. The van der Waals surface area contributed by atoms with E-state index in [4.69, 9.17) is 12.2 Å². The molecule has 0 aliphatic rings. The van der Waals surface area contributed by atoms with Crippen LogP contribution in [0.4, 0.5) is 0 Å². The topological polar surface area (TPSA) is 114 Å². The molecule has 0 heterocycles. The quantitative estimate of drug-likeness (QED) is 0.309. The minimum absolute atomic E-state index is 0.00770. The second kappa shape index (κ2) is 10.9. The highest BCUT2D eigenvalue weighted by Gasteiger charge is 2.11. The highest BCUT2D eigenvalue weighted by Crippen LogP contribution is 2.03. The molecular formula is C16H19N3O5S. The number of hydrogen-bond acceptors (Lipinski definition) is 6. The Balaban J connectivity index is 2.22. The van der Waals surface area contributed by atoms with E-state index >= 15 is 0 Å². The number of benzene rings is 1. The van der Waals surface area contributed by atoms with Crippen LogP contribution in [0.15, 0.2) is 30.3 Å². The Morgan fingerprint density at radius 2 is 1.48 bits per heavy atom. The van der Waals surface area contributed by atoms with Gasteiger partial charge in [-0.05, 0) is 0 Å². The Hall–Kier alpha value is -2.81. The number of ether oxygens (including phenoxy) is 1. The van der Waals surface area contributed by atoms with Crippen LogP contribution < -0.4 is 16.0 Å². The number of esters is 1. The molecule has 0 aromatic heterocycles. The maximum absolute atomic E-state index is 11.9. The predicted octanol–water partition coefficient (Wildman–Crippen LogP) is -0.418.